The third-order valence-corrected chi connectivity index (χ3v) is 3.49. The van der Waals surface area contributed by atoms with Crippen LogP contribution in [0.25, 0.3) is 0 Å². The molecule has 1 aromatic carbocycles. The molecule has 0 radical (unpaired) electrons. The number of rotatable bonds is 7. The topological polar surface area (TPSA) is 93.7 Å². The van der Waals surface area contributed by atoms with Crippen LogP contribution in [0.5, 0.6) is 0 Å². The Morgan fingerprint density at radius 3 is 2.23 bits per heavy atom. The van der Waals surface area contributed by atoms with Crippen LogP contribution in [-0.2, 0) is 25.5 Å². The zero-order valence-corrected chi connectivity index (χ0v) is 16.0. The predicted molar refractivity (Wildman–Crippen MR) is 97.5 cm³/mol. The van der Waals surface area contributed by atoms with Crippen molar-refractivity contribution in [3.8, 4) is 0 Å². The van der Waals surface area contributed by atoms with E-state index in [0.29, 0.717) is 12.8 Å². The van der Waals surface area contributed by atoms with Gasteiger partial charge in [0, 0.05) is 0 Å². The highest BCUT2D eigenvalue weighted by Crippen LogP contribution is 2.09. The highest BCUT2D eigenvalue weighted by atomic mass is 16.6. The number of nitrogens with one attached hydrogen (secondary N) is 2. The van der Waals surface area contributed by atoms with E-state index >= 15 is 0 Å². The van der Waals surface area contributed by atoms with E-state index in [1.54, 1.807) is 20.8 Å². The Morgan fingerprint density at radius 1 is 1.08 bits per heavy atom. The van der Waals surface area contributed by atoms with E-state index in [1.807, 2.05) is 30.3 Å². The first-order valence-corrected chi connectivity index (χ1v) is 8.54. The van der Waals surface area contributed by atoms with E-state index in [0.717, 1.165) is 5.56 Å². The molecule has 7 heteroatoms. The van der Waals surface area contributed by atoms with Crippen molar-refractivity contribution in [2.24, 2.45) is 0 Å². The molecule has 0 aliphatic rings. The summed E-state index contributed by atoms with van der Waals surface area (Å²) in [6, 6.07) is 7.96. The van der Waals surface area contributed by atoms with Gasteiger partial charge in [-0.25, -0.2) is 9.59 Å². The van der Waals surface area contributed by atoms with Gasteiger partial charge in [0.1, 0.15) is 17.7 Å². The maximum atomic E-state index is 12.5. The molecule has 0 fully saturated rings. The number of methoxy groups -OCH3 is 1. The zero-order valence-electron chi connectivity index (χ0n) is 16.0. The van der Waals surface area contributed by atoms with Gasteiger partial charge in [0.25, 0.3) is 0 Å². The fraction of sp³-hybridized carbons (Fsp3) is 0.526. The largest absolute Gasteiger partial charge is 0.467 e. The number of aryl methyl sites for hydroxylation is 1. The Hall–Kier alpha value is -2.57. The number of esters is 1. The summed E-state index contributed by atoms with van der Waals surface area (Å²) in [5.41, 5.74) is 0.362. The molecule has 0 aliphatic carbocycles. The van der Waals surface area contributed by atoms with Crippen LogP contribution in [0.15, 0.2) is 30.3 Å². The molecule has 0 unspecified atom stereocenters. The highest BCUT2D eigenvalue weighted by Gasteiger charge is 2.26. The van der Waals surface area contributed by atoms with E-state index in [1.165, 1.54) is 14.0 Å². The Kier molecular flexibility index (Phi) is 8.09. The number of ether oxygens (including phenoxy) is 2. The average molecular weight is 364 g/mol. The van der Waals surface area contributed by atoms with Gasteiger partial charge >= 0.3 is 12.1 Å². The van der Waals surface area contributed by atoms with Gasteiger partial charge in [-0.05, 0) is 46.1 Å². The van der Waals surface area contributed by atoms with Crippen LogP contribution >= 0.6 is 0 Å². The SMILES string of the molecule is COC(=O)[C@H](C)NC(=O)[C@@H](CCc1ccccc1)NC(=O)OC(C)(C)C. The minimum Gasteiger partial charge on any atom is -0.467 e. The van der Waals surface area contributed by atoms with Crippen molar-refractivity contribution in [2.75, 3.05) is 7.11 Å². The molecule has 0 spiro atoms. The molecule has 1 rings (SSSR count). The Morgan fingerprint density at radius 2 is 1.69 bits per heavy atom. The fourth-order valence-electron chi connectivity index (χ4n) is 2.22. The quantitative estimate of drug-likeness (QED) is 0.724. The van der Waals surface area contributed by atoms with Crippen molar-refractivity contribution in [2.45, 2.75) is 58.2 Å². The summed E-state index contributed by atoms with van der Waals surface area (Å²) >= 11 is 0. The number of alkyl carbamates (subject to hydrolysis) is 1. The summed E-state index contributed by atoms with van der Waals surface area (Å²) in [6.45, 7) is 6.74. The molecule has 0 saturated heterocycles. The van der Waals surface area contributed by atoms with Crippen molar-refractivity contribution in [1.29, 1.82) is 0 Å². The molecular weight excluding hydrogens is 336 g/mol. The molecule has 0 saturated carbocycles. The van der Waals surface area contributed by atoms with Crippen LogP contribution in [0, 0.1) is 0 Å². The molecule has 0 heterocycles. The number of carbonyl (C=O) groups is 3. The lowest BCUT2D eigenvalue weighted by Crippen LogP contribution is -2.51. The summed E-state index contributed by atoms with van der Waals surface area (Å²) in [5, 5.41) is 5.13. The second-order valence-electron chi connectivity index (χ2n) is 6.98. The Bertz CT molecular complexity index is 610. The van der Waals surface area contributed by atoms with Gasteiger partial charge in [0.15, 0.2) is 0 Å². The van der Waals surface area contributed by atoms with Crippen molar-refractivity contribution >= 4 is 18.0 Å². The monoisotopic (exact) mass is 364 g/mol. The van der Waals surface area contributed by atoms with Gasteiger partial charge in [0.2, 0.25) is 5.91 Å². The molecule has 0 bridgehead atoms. The highest BCUT2D eigenvalue weighted by molar-refractivity contribution is 5.89. The standard InChI is InChI=1S/C19H28N2O5/c1-13(17(23)25-5)20-16(22)15(21-18(24)26-19(2,3)4)12-11-14-9-7-6-8-10-14/h6-10,13,15H,11-12H2,1-5H3,(H,20,22)(H,21,24)/t13-,15+/m0/s1. The zero-order chi connectivity index (χ0) is 19.7. The van der Waals surface area contributed by atoms with Crippen molar-refractivity contribution in [1.82, 2.24) is 10.6 Å². The van der Waals surface area contributed by atoms with E-state index < -0.39 is 35.7 Å². The van der Waals surface area contributed by atoms with E-state index in [9.17, 15) is 14.4 Å². The fourth-order valence-corrected chi connectivity index (χ4v) is 2.22. The van der Waals surface area contributed by atoms with Crippen molar-refractivity contribution in [3.05, 3.63) is 35.9 Å². The molecule has 26 heavy (non-hydrogen) atoms. The lowest BCUT2D eigenvalue weighted by atomic mass is 10.0. The number of hydrogen-bond acceptors (Lipinski definition) is 5. The molecule has 2 amide bonds. The molecule has 7 nitrogen and oxygen atoms in total. The minimum atomic E-state index is -0.836. The van der Waals surface area contributed by atoms with Crippen LogP contribution in [0.2, 0.25) is 0 Å². The summed E-state index contributed by atoms with van der Waals surface area (Å²) in [7, 11) is 1.25. The minimum absolute atomic E-state index is 0.364. The van der Waals surface area contributed by atoms with Gasteiger partial charge in [-0.3, -0.25) is 4.79 Å². The molecule has 1 aromatic rings. The van der Waals surface area contributed by atoms with Crippen molar-refractivity contribution in [3.63, 3.8) is 0 Å². The molecule has 0 aliphatic heterocycles. The van der Waals surface area contributed by atoms with Gasteiger partial charge in [-0.1, -0.05) is 30.3 Å². The number of amides is 2. The lowest BCUT2D eigenvalue weighted by Gasteiger charge is -2.24. The van der Waals surface area contributed by atoms with Crippen LogP contribution in [0.4, 0.5) is 4.79 Å². The Labute approximate surface area is 154 Å². The summed E-state index contributed by atoms with van der Waals surface area (Å²) in [5.74, 6) is -1.03. The van der Waals surface area contributed by atoms with E-state index in [-0.39, 0.29) is 0 Å². The first-order valence-electron chi connectivity index (χ1n) is 8.54. The summed E-state index contributed by atoms with van der Waals surface area (Å²) in [6.07, 6.45) is 0.265. The normalized spacial score (nSPS) is 13.3. The van der Waals surface area contributed by atoms with Gasteiger partial charge < -0.3 is 20.1 Å². The third-order valence-electron chi connectivity index (χ3n) is 3.49. The van der Waals surface area contributed by atoms with Gasteiger partial charge in [0.05, 0.1) is 7.11 Å². The summed E-state index contributed by atoms with van der Waals surface area (Å²) in [4.78, 5) is 36.1. The molecular formula is C19H28N2O5. The van der Waals surface area contributed by atoms with E-state index in [2.05, 4.69) is 15.4 Å². The lowest BCUT2D eigenvalue weighted by molar-refractivity contribution is -0.144. The average Bonchev–Trinajstić information content (AvgIpc) is 2.56. The smallest absolute Gasteiger partial charge is 0.408 e. The second kappa shape index (κ2) is 9.79. The van der Waals surface area contributed by atoms with E-state index in [4.69, 9.17) is 4.74 Å². The van der Waals surface area contributed by atoms with Gasteiger partial charge in [-0.15, -0.1) is 0 Å². The second-order valence-corrected chi connectivity index (χ2v) is 6.98. The van der Waals surface area contributed by atoms with Crippen molar-refractivity contribution < 1.29 is 23.9 Å². The number of carbonyl (C=O) groups excluding carboxylic acids is 3. The molecule has 2 atom stereocenters. The maximum Gasteiger partial charge on any atom is 0.408 e. The van der Waals surface area contributed by atoms with Crippen LogP contribution in [0.3, 0.4) is 0 Å². The third kappa shape index (κ3) is 8.00. The first-order chi connectivity index (χ1) is 12.1. The molecule has 144 valence electrons. The first kappa shape index (κ1) is 21.5. The predicted octanol–water partition coefficient (Wildman–Crippen LogP) is 2.19. The number of hydrogen-bond donors (Lipinski definition) is 2. The Balaban J connectivity index is 2.77. The maximum absolute atomic E-state index is 12.5. The summed E-state index contributed by atoms with van der Waals surface area (Å²) < 4.78 is 9.83. The molecule has 0 aromatic heterocycles. The van der Waals surface area contributed by atoms with Crippen LogP contribution in [0.1, 0.15) is 39.7 Å². The molecule has 2 N–H and O–H groups in total. The van der Waals surface area contributed by atoms with Gasteiger partial charge in [-0.2, -0.15) is 0 Å². The van der Waals surface area contributed by atoms with Crippen LogP contribution < -0.4 is 10.6 Å². The number of benzene rings is 1. The van der Waals surface area contributed by atoms with Crippen LogP contribution in [-0.4, -0.2) is 42.8 Å².